The third-order valence-corrected chi connectivity index (χ3v) is 6.83. The van der Waals surface area contributed by atoms with Crippen LogP contribution in [0.15, 0.2) is 103 Å². The van der Waals surface area contributed by atoms with Crippen LogP contribution in [0.1, 0.15) is 0 Å². The number of fused-ring (bicyclic) bond motifs is 3. The second-order valence-electron chi connectivity index (χ2n) is 8.76. The molecule has 0 spiro atoms. The molecular formula is C30H21BN2O2. The molecule has 1 fully saturated rings. The Kier molecular flexibility index (Phi) is 4.83. The maximum absolute atomic E-state index is 5.77. The van der Waals surface area contributed by atoms with Gasteiger partial charge < -0.3 is 9.31 Å². The fourth-order valence-electron chi connectivity index (χ4n) is 5.25. The zero-order chi connectivity index (χ0) is 23.2. The Hall–Kier alpha value is -4.06. The van der Waals surface area contributed by atoms with Gasteiger partial charge in [-0.25, -0.2) is 0 Å². The highest BCUT2D eigenvalue weighted by Crippen LogP contribution is 2.39. The molecule has 0 unspecified atom stereocenters. The molecule has 1 saturated heterocycles. The lowest BCUT2D eigenvalue weighted by Gasteiger charge is -2.16. The molecule has 0 N–H and O–H groups in total. The summed E-state index contributed by atoms with van der Waals surface area (Å²) in [5, 5.41) is 4.90. The van der Waals surface area contributed by atoms with Gasteiger partial charge in [0.05, 0.1) is 24.2 Å². The first-order valence-corrected chi connectivity index (χ1v) is 11.9. The third kappa shape index (κ3) is 3.32. The van der Waals surface area contributed by atoms with Crippen molar-refractivity contribution in [3.63, 3.8) is 0 Å². The number of benzene rings is 5. The van der Waals surface area contributed by atoms with Gasteiger partial charge >= 0.3 is 7.12 Å². The van der Waals surface area contributed by atoms with Gasteiger partial charge in [-0.1, -0.05) is 91.0 Å². The van der Waals surface area contributed by atoms with Gasteiger partial charge in [-0.15, -0.1) is 0 Å². The molecule has 0 amide bonds. The molecule has 166 valence electrons. The predicted octanol–water partition coefficient (Wildman–Crippen LogP) is 6.01. The molecule has 2 heterocycles. The molecule has 35 heavy (non-hydrogen) atoms. The average Bonchev–Trinajstić information content (AvgIpc) is 3.47. The summed E-state index contributed by atoms with van der Waals surface area (Å²) in [6, 6.07) is 32.3. The summed E-state index contributed by atoms with van der Waals surface area (Å²) in [6.07, 6.45) is 3.48. The fourth-order valence-corrected chi connectivity index (χ4v) is 5.25. The molecular weight excluding hydrogens is 431 g/mol. The lowest BCUT2D eigenvalue weighted by Crippen LogP contribution is -2.32. The number of rotatable bonds is 3. The quantitative estimate of drug-likeness (QED) is 0.309. The summed E-state index contributed by atoms with van der Waals surface area (Å²) in [5.41, 5.74) is 7.24. The van der Waals surface area contributed by atoms with Crippen LogP contribution < -0.4 is 5.46 Å². The standard InChI is InChI=1S/C30H21BN2O2/c1-2-8-21-20(6-1)7-5-11-22(21)25-12-13-26(24-10-4-3-9-23(24)25)27-14-15-28(31-34-18-19-35-31)30-29(27)32-16-17-33-30/h1-17H,18-19H2. The van der Waals surface area contributed by atoms with E-state index in [1.165, 1.54) is 32.7 Å². The molecule has 5 heteroatoms. The van der Waals surface area contributed by atoms with Crippen LogP contribution in [0.3, 0.4) is 0 Å². The van der Waals surface area contributed by atoms with Gasteiger partial charge in [0.2, 0.25) is 0 Å². The van der Waals surface area contributed by atoms with Gasteiger partial charge in [0.25, 0.3) is 0 Å². The fraction of sp³-hybridized carbons (Fsp3) is 0.0667. The van der Waals surface area contributed by atoms with Crippen molar-refractivity contribution in [2.75, 3.05) is 13.2 Å². The SMILES string of the molecule is c1ccc2c(-c3ccc(-c4ccc(B5OCCO5)c5nccnc45)c4ccccc34)cccc2c1. The van der Waals surface area contributed by atoms with Crippen LogP contribution in [0.5, 0.6) is 0 Å². The monoisotopic (exact) mass is 452 g/mol. The first-order chi connectivity index (χ1) is 17.4. The lowest BCUT2D eigenvalue weighted by molar-refractivity contribution is 0.365. The summed E-state index contributed by atoms with van der Waals surface area (Å²) >= 11 is 0. The zero-order valence-electron chi connectivity index (χ0n) is 19.0. The molecule has 0 bridgehead atoms. The van der Waals surface area contributed by atoms with E-state index in [0.29, 0.717) is 13.2 Å². The van der Waals surface area contributed by atoms with Crippen LogP contribution in [-0.2, 0) is 9.31 Å². The van der Waals surface area contributed by atoms with Crippen molar-refractivity contribution in [3.05, 3.63) is 103 Å². The van der Waals surface area contributed by atoms with E-state index in [-0.39, 0.29) is 0 Å². The molecule has 0 radical (unpaired) electrons. The second-order valence-corrected chi connectivity index (χ2v) is 8.76. The summed E-state index contributed by atoms with van der Waals surface area (Å²) in [4.78, 5) is 9.41. The number of aromatic nitrogens is 2. The largest absolute Gasteiger partial charge is 0.496 e. The van der Waals surface area contributed by atoms with Gasteiger partial charge in [-0.2, -0.15) is 0 Å². The smallest absolute Gasteiger partial charge is 0.405 e. The lowest BCUT2D eigenvalue weighted by atomic mass is 9.77. The Balaban J connectivity index is 1.47. The Morgan fingerprint density at radius 2 is 1.09 bits per heavy atom. The van der Waals surface area contributed by atoms with Crippen molar-refractivity contribution in [1.29, 1.82) is 0 Å². The van der Waals surface area contributed by atoms with Crippen LogP contribution in [0, 0.1) is 0 Å². The normalized spacial score (nSPS) is 13.8. The van der Waals surface area contributed by atoms with E-state index in [1.807, 2.05) is 0 Å². The predicted molar refractivity (Wildman–Crippen MR) is 143 cm³/mol. The maximum Gasteiger partial charge on any atom is 0.496 e. The minimum atomic E-state index is -0.395. The van der Waals surface area contributed by atoms with E-state index in [0.717, 1.165) is 27.6 Å². The summed E-state index contributed by atoms with van der Waals surface area (Å²) < 4.78 is 11.5. The van der Waals surface area contributed by atoms with E-state index in [4.69, 9.17) is 14.3 Å². The molecule has 6 aromatic rings. The molecule has 7 rings (SSSR count). The first-order valence-electron chi connectivity index (χ1n) is 11.9. The molecule has 1 aliphatic heterocycles. The third-order valence-electron chi connectivity index (χ3n) is 6.83. The van der Waals surface area contributed by atoms with E-state index in [2.05, 4.69) is 96.0 Å². The highest BCUT2D eigenvalue weighted by Gasteiger charge is 2.29. The van der Waals surface area contributed by atoms with Crippen LogP contribution in [0.4, 0.5) is 0 Å². The van der Waals surface area contributed by atoms with Crippen LogP contribution >= 0.6 is 0 Å². The summed E-state index contributed by atoms with van der Waals surface area (Å²) in [6.45, 7) is 1.18. The number of hydrogen-bond acceptors (Lipinski definition) is 4. The zero-order valence-corrected chi connectivity index (χ0v) is 19.0. The van der Waals surface area contributed by atoms with Gasteiger partial charge in [0.15, 0.2) is 0 Å². The number of hydrogen-bond donors (Lipinski definition) is 0. The Labute approximate surface area is 203 Å². The van der Waals surface area contributed by atoms with Crippen molar-refractivity contribution < 1.29 is 9.31 Å². The van der Waals surface area contributed by atoms with Crippen molar-refractivity contribution in [2.24, 2.45) is 0 Å². The molecule has 0 saturated carbocycles. The van der Waals surface area contributed by atoms with Gasteiger partial charge in [0, 0.05) is 23.4 Å². The minimum Gasteiger partial charge on any atom is -0.405 e. The first kappa shape index (κ1) is 20.3. The second kappa shape index (κ2) is 8.31. The van der Waals surface area contributed by atoms with E-state index >= 15 is 0 Å². The van der Waals surface area contributed by atoms with E-state index < -0.39 is 7.12 Å². The molecule has 1 aliphatic rings. The topological polar surface area (TPSA) is 44.2 Å². The molecule has 1 aromatic heterocycles. The average molecular weight is 452 g/mol. The van der Waals surface area contributed by atoms with Gasteiger partial charge in [-0.05, 0) is 38.2 Å². The Morgan fingerprint density at radius 1 is 0.514 bits per heavy atom. The molecule has 5 aromatic carbocycles. The summed E-state index contributed by atoms with van der Waals surface area (Å²) in [5.74, 6) is 0. The molecule has 4 nitrogen and oxygen atoms in total. The van der Waals surface area contributed by atoms with Crippen LogP contribution in [0.2, 0.25) is 0 Å². The minimum absolute atomic E-state index is 0.395. The van der Waals surface area contributed by atoms with Gasteiger partial charge in [0.1, 0.15) is 0 Å². The van der Waals surface area contributed by atoms with Crippen LogP contribution in [-0.4, -0.2) is 30.3 Å². The van der Waals surface area contributed by atoms with Gasteiger partial charge in [-0.3, -0.25) is 9.97 Å². The Morgan fingerprint density at radius 3 is 1.86 bits per heavy atom. The molecule has 0 atom stereocenters. The highest BCUT2D eigenvalue weighted by molar-refractivity contribution is 6.64. The van der Waals surface area contributed by atoms with E-state index in [1.54, 1.807) is 12.4 Å². The maximum atomic E-state index is 5.77. The van der Waals surface area contributed by atoms with Crippen LogP contribution in [0.25, 0.3) is 54.8 Å². The Bertz CT molecular complexity index is 1720. The number of nitrogens with zero attached hydrogens (tertiary/aromatic N) is 2. The van der Waals surface area contributed by atoms with Crippen molar-refractivity contribution >= 4 is 45.2 Å². The highest BCUT2D eigenvalue weighted by atomic mass is 16.6. The molecule has 0 aliphatic carbocycles. The van der Waals surface area contributed by atoms with Crippen molar-refractivity contribution in [1.82, 2.24) is 9.97 Å². The summed E-state index contributed by atoms with van der Waals surface area (Å²) in [7, 11) is -0.395. The van der Waals surface area contributed by atoms with Crippen molar-refractivity contribution in [2.45, 2.75) is 0 Å². The van der Waals surface area contributed by atoms with E-state index in [9.17, 15) is 0 Å². The van der Waals surface area contributed by atoms with Crippen molar-refractivity contribution in [3.8, 4) is 22.3 Å².